The van der Waals surface area contributed by atoms with Gasteiger partial charge in [-0.15, -0.1) is 0 Å². The lowest BCUT2D eigenvalue weighted by Crippen LogP contribution is -2.51. The van der Waals surface area contributed by atoms with Crippen LogP contribution in [-0.2, 0) is 4.74 Å². The molecule has 0 amide bonds. The van der Waals surface area contributed by atoms with E-state index in [-0.39, 0.29) is 11.9 Å². The molecule has 0 bridgehead atoms. The van der Waals surface area contributed by atoms with Crippen molar-refractivity contribution < 1.29 is 9.13 Å². The van der Waals surface area contributed by atoms with Crippen molar-refractivity contribution >= 4 is 5.96 Å². The van der Waals surface area contributed by atoms with Crippen LogP contribution in [0.1, 0.15) is 63.5 Å². The van der Waals surface area contributed by atoms with Crippen molar-refractivity contribution in [2.75, 3.05) is 33.3 Å². The van der Waals surface area contributed by atoms with Crippen molar-refractivity contribution in [3.8, 4) is 0 Å². The Morgan fingerprint density at radius 1 is 1.14 bits per heavy atom. The van der Waals surface area contributed by atoms with Crippen LogP contribution in [0.3, 0.4) is 0 Å². The normalized spacial score (nSPS) is 21.1. The molecule has 3 rings (SSSR count). The quantitative estimate of drug-likeness (QED) is 0.535. The fourth-order valence-electron chi connectivity index (χ4n) is 4.54. The molecule has 0 spiro atoms. The van der Waals surface area contributed by atoms with Gasteiger partial charge in [-0.3, -0.25) is 4.99 Å². The Bertz CT molecular complexity index is 622. The number of hydrogen-bond acceptors (Lipinski definition) is 3. The van der Waals surface area contributed by atoms with E-state index in [2.05, 4.69) is 22.5 Å². The number of guanidine groups is 1. The number of halogens is 1. The third kappa shape index (κ3) is 6.68. The second-order valence-electron chi connectivity index (χ2n) is 8.24. The topological polar surface area (TPSA) is 48.9 Å². The van der Waals surface area contributed by atoms with E-state index in [0.717, 1.165) is 37.0 Å². The molecule has 5 nitrogen and oxygen atoms in total. The van der Waals surface area contributed by atoms with Crippen molar-refractivity contribution in [1.29, 1.82) is 0 Å². The predicted octanol–water partition coefficient (Wildman–Crippen LogP) is 3.87. The number of piperidine rings is 1. The molecule has 0 aromatic heterocycles. The van der Waals surface area contributed by atoms with Crippen LogP contribution in [0.5, 0.6) is 0 Å². The third-order valence-electron chi connectivity index (χ3n) is 6.25. The van der Waals surface area contributed by atoms with E-state index in [9.17, 15) is 4.39 Å². The lowest BCUT2D eigenvalue weighted by Gasteiger charge is -2.39. The molecule has 2 N–H and O–H groups in total. The fourth-order valence-corrected chi connectivity index (χ4v) is 4.54. The summed E-state index contributed by atoms with van der Waals surface area (Å²) in [6, 6.07) is 7.73. The zero-order valence-electron chi connectivity index (χ0n) is 18.0. The highest BCUT2D eigenvalue weighted by Gasteiger charge is 2.26. The molecule has 29 heavy (non-hydrogen) atoms. The first-order valence-electron chi connectivity index (χ1n) is 11.3. The van der Waals surface area contributed by atoms with E-state index < -0.39 is 0 Å². The number of nitrogens with zero attached hydrogens (tertiary/aromatic N) is 2. The van der Waals surface area contributed by atoms with E-state index in [0.29, 0.717) is 12.6 Å². The van der Waals surface area contributed by atoms with Gasteiger partial charge < -0.3 is 20.3 Å². The fraction of sp³-hybridized carbons (Fsp3) is 0.696. The molecule has 1 aliphatic carbocycles. The van der Waals surface area contributed by atoms with E-state index in [1.165, 1.54) is 57.3 Å². The summed E-state index contributed by atoms with van der Waals surface area (Å²) in [4.78, 5) is 7.45. The summed E-state index contributed by atoms with van der Waals surface area (Å²) in [6.45, 7) is 5.76. The monoisotopic (exact) mass is 404 g/mol. The van der Waals surface area contributed by atoms with Crippen LogP contribution in [0.25, 0.3) is 0 Å². The van der Waals surface area contributed by atoms with Crippen LogP contribution in [0.2, 0.25) is 0 Å². The van der Waals surface area contributed by atoms with Gasteiger partial charge in [-0.2, -0.15) is 0 Å². The Hall–Kier alpha value is -1.66. The number of ether oxygens (including phenoxy) is 1. The van der Waals surface area contributed by atoms with Gasteiger partial charge in [0.2, 0.25) is 0 Å². The smallest absolute Gasteiger partial charge is 0.191 e. The summed E-state index contributed by atoms with van der Waals surface area (Å²) in [5.74, 6) is 0.606. The van der Waals surface area contributed by atoms with E-state index >= 15 is 0 Å². The Morgan fingerprint density at radius 3 is 2.45 bits per heavy atom. The summed E-state index contributed by atoms with van der Waals surface area (Å²) < 4.78 is 18.8. The number of aliphatic imine (C=N–C) groups is 1. The predicted molar refractivity (Wildman–Crippen MR) is 117 cm³/mol. The molecule has 1 aromatic carbocycles. The first-order chi connectivity index (χ1) is 14.2. The molecule has 162 valence electrons. The minimum absolute atomic E-state index is 0.181. The molecule has 1 atom stereocenters. The van der Waals surface area contributed by atoms with Crippen molar-refractivity contribution in [3.05, 3.63) is 35.6 Å². The molecule has 1 saturated heterocycles. The molecule has 1 unspecified atom stereocenters. The molecular weight excluding hydrogens is 367 g/mol. The Morgan fingerprint density at radius 2 is 1.83 bits per heavy atom. The van der Waals surface area contributed by atoms with Crippen LogP contribution in [-0.4, -0.2) is 56.2 Å². The highest BCUT2D eigenvalue weighted by Crippen LogP contribution is 2.25. The van der Waals surface area contributed by atoms with Crippen LogP contribution in [0, 0.1) is 5.82 Å². The average Bonchev–Trinajstić information content (AvgIpc) is 2.76. The summed E-state index contributed by atoms with van der Waals surface area (Å²) in [6.07, 6.45) is 9.10. The van der Waals surface area contributed by atoms with Crippen LogP contribution >= 0.6 is 0 Å². The number of methoxy groups -OCH3 is 1. The zero-order chi connectivity index (χ0) is 20.5. The van der Waals surface area contributed by atoms with Crippen molar-refractivity contribution in [2.24, 2.45) is 4.99 Å². The minimum atomic E-state index is -0.235. The highest BCUT2D eigenvalue weighted by atomic mass is 19.1. The van der Waals surface area contributed by atoms with Gasteiger partial charge in [0, 0.05) is 38.8 Å². The van der Waals surface area contributed by atoms with Crippen LogP contribution < -0.4 is 10.6 Å². The molecular formula is C23H37FN4O. The lowest BCUT2D eigenvalue weighted by atomic mass is 9.92. The molecule has 1 saturated carbocycles. The standard InChI is InChI=1S/C23H37FN4O/c1-3-25-23(26-17-22(29-2)18-9-11-19(24)12-10-18)27-20-13-15-28(16-14-20)21-7-5-4-6-8-21/h9-12,20-22H,3-8,13-17H2,1-2H3,(H2,25,26,27). The van der Waals surface area contributed by atoms with Gasteiger partial charge in [0.25, 0.3) is 0 Å². The van der Waals surface area contributed by atoms with Gasteiger partial charge >= 0.3 is 0 Å². The second kappa shape index (κ2) is 11.5. The summed E-state index contributed by atoms with van der Waals surface area (Å²) in [7, 11) is 1.67. The summed E-state index contributed by atoms with van der Waals surface area (Å²) in [5, 5.41) is 6.97. The maximum Gasteiger partial charge on any atom is 0.191 e. The number of likely N-dealkylation sites (tertiary alicyclic amines) is 1. The van der Waals surface area contributed by atoms with Gasteiger partial charge in [-0.1, -0.05) is 31.4 Å². The van der Waals surface area contributed by atoms with Gasteiger partial charge in [-0.05, 0) is 50.3 Å². The first-order valence-corrected chi connectivity index (χ1v) is 11.3. The zero-order valence-corrected chi connectivity index (χ0v) is 18.0. The molecule has 1 heterocycles. The van der Waals surface area contributed by atoms with Crippen LogP contribution in [0.4, 0.5) is 4.39 Å². The minimum Gasteiger partial charge on any atom is -0.375 e. The maximum absolute atomic E-state index is 13.2. The first kappa shape index (κ1) is 22.0. The second-order valence-corrected chi connectivity index (χ2v) is 8.24. The molecule has 0 radical (unpaired) electrons. The molecule has 1 aliphatic heterocycles. The van der Waals surface area contributed by atoms with Crippen LogP contribution in [0.15, 0.2) is 29.3 Å². The van der Waals surface area contributed by atoms with Gasteiger partial charge in [0.15, 0.2) is 5.96 Å². The van der Waals surface area contributed by atoms with Gasteiger partial charge in [-0.25, -0.2) is 4.39 Å². The molecule has 2 aliphatic rings. The maximum atomic E-state index is 13.2. The lowest BCUT2D eigenvalue weighted by molar-refractivity contribution is 0.110. The number of benzene rings is 1. The Labute approximate surface area is 175 Å². The van der Waals surface area contributed by atoms with E-state index in [1.807, 2.05) is 0 Å². The summed E-state index contributed by atoms with van der Waals surface area (Å²) in [5.41, 5.74) is 0.939. The van der Waals surface area contributed by atoms with Gasteiger partial charge in [0.1, 0.15) is 11.9 Å². The highest BCUT2D eigenvalue weighted by molar-refractivity contribution is 5.80. The largest absolute Gasteiger partial charge is 0.375 e. The third-order valence-corrected chi connectivity index (χ3v) is 6.25. The SMILES string of the molecule is CCNC(=NCC(OC)c1ccc(F)cc1)NC1CCN(C2CCCCC2)CC1. The molecule has 6 heteroatoms. The number of hydrogen-bond donors (Lipinski definition) is 2. The molecule has 1 aromatic rings. The average molecular weight is 405 g/mol. The van der Waals surface area contributed by atoms with E-state index in [1.54, 1.807) is 19.2 Å². The molecule has 2 fully saturated rings. The Balaban J connectivity index is 1.51. The van der Waals surface area contributed by atoms with Crippen molar-refractivity contribution in [2.45, 2.75) is 70.1 Å². The van der Waals surface area contributed by atoms with Gasteiger partial charge in [0.05, 0.1) is 6.54 Å². The number of nitrogens with one attached hydrogen (secondary N) is 2. The Kier molecular flexibility index (Phi) is 8.74. The van der Waals surface area contributed by atoms with Crippen molar-refractivity contribution in [1.82, 2.24) is 15.5 Å². The van der Waals surface area contributed by atoms with E-state index in [4.69, 9.17) is 9.73 Å². The number of rotatable bonds is 7. The van der Waals surface area contributed by atoms with Crippen molar-refractivity contribution in [3.63, 3.8) is 0 Å². The summed E-state index contributed by atoms with van der Waals surface area (Å²) >= 11 is 0.